The van der Waals surface area contributed by atoms with Crippen molar-refractivity contribution >= 4 is 5.78 Å². The standard InChI is InChI=1S/C30H38N2O4/c1-22(18-24-10-5-3-6-11-24)32-20-27(33)21-36-28-15-9-14-26(19-28)29(34)16-17-31-23(2)30(35)25-12-7-4-8-13-25/h3-15,19,22-23,27,30-33,35H,16-18,20-21H2,1-2H3. The molecule has 0 heterocycles. The minimum absolute atomic E-state index is 0.00805. The summed E-state index contributed by atoms with van der Waals surface area (Å²) in [5, 5.41) is 27.3. The van der Waals surface area contributed by atoms with Crippen molar-refractivity contribution in [2.75, 3.05) is 19.7 Å². The lowest BCUT2D eigenvalue weighted by molar-refractivity contribution is 0.0969. The zero-order valence-electron chi connectivity index (χ0n) is 21.1. The summed E-state index contributed by atoms with van der Waals surface area (Å²) >= 11 is 0. The molecule has 3 rings (SSSR count). The molecule has 0 bridgehead atoms. The highest BCUT2D eigenvalue weighted by molar-refractivity contribution is 5.96. The van der Waals surface area contributed by atoms with Gasteiger partial charge in [0.2, 0.25) is 0 Å². The number of aliphatic hydroxyl groups excluding tert-OH is 2. The second kappa shape index (κ2) is 14.5. The van der Waals surface area contributed by atoms with E-state index in [4.69, 9.17) is 4.74 Å². The lowest BCUT2D eigenvalue weighted by atomic mass is 10.0. The summed E-state index contributed by atoms with van der Waals surface area (Å²) in [5.74, 6) is 0.546. The van der Waals surface area contributed by atoms with Gasteiger partial charge in [0, 0.05) is 37.2 Å². The SMILES string of the molecule is CC(Cc1ccccc1)NCC(O)COc1cccc(C(=O)CCNC(C)C(O)c2ccccc2)c1. The molecule has 0 aromatic heterocycles. The maximum Gasteiger partial charge on any atom is 0.164 e. The van der Waals surface area contributed by atoms with Crippen molar-refractivity contribution in [1.29, 1.82) is 0 Å². The number of ketones is 1. The highest BCUT2D eigenvalue weighted by atomic mass is 16.5. The number of carbonyl (C=O) groups is 1. The number of ether oxygens (including phenoxy) is 1. The largest absolute Gasteiger partial charge is 0.491 e. The molecule has 0 radical (unpaired) electrons. The summed E-state index contributed by atoms with van der Waals surface area (Å²) in [4.78, 5) is 12.7. The van der Waals surface area contributed by atoms with E-state index in [0.29, 0.717) is 30.8 Å². The molecule has 36 heavy (non-hydrogen) atoms. The minimum Gasteiger partial charge on any atom is -0.491 e. The fourth-order valence-corrected chi connectivity index (χ4v) is 4.00. The summed E-state index contributed by atoms with van der Waals surface area (Å²) in [6, 6.07) is 26.8. The first-order chi connectivity index (χ1) is 17.4. The van der Waals surface area contributed by atoms with Gasteiger partial charge in [0.15, 0.2) is 5.78 Å². The number of Topliss-reactive ketones (excluding diaryl/α,β-unsaturated/α-hetero) is 1. The van der Waals surface area contributed by atoms with Crippen LogP contribution in [-0.2, 0) is 6.42 Å². The first kappa shape index (κ1) is 27.6. The average Bonchev–Trinajstić information content (AvgIpc) is 2.91. The van der Waals surface area contributed by atoms with Crippen LogP contribution < -0.4 is 15.4 Å². The van der Waals surface area contributed by atoms with Gasteiger partial charge in [0.1, 0.15) is 18.5 Å². The number of carbonyl (C=O) groups excluding carboxylic acids is 1. The Hall–Kier alpha value is -3.03. The molecule has 3 aromatic rings. The molecule has 4 N–H and O–H groups in total. The normalized spacial score (nSPS) is 14.6. The first-order valence-corrected chi connectivity index (χ1v) is 12.6. The van der Waals surface area contributed by atoms with Crippen LogP contribution in [0.4, 0.5) is 0 Å². The second-order valence-corrected chi connectivity index (χ2v) is 9.26. The number of hydrogen-bond acceptors (Lipinski definition) is 6. The van der Waals surface area contributed by atoms with Crippen molar-refractivity contribution in [3.8, 4) is 5.75 Å². The second-order valence-electron chi connectivity index (χ2n) is 9.26. The fraction of sp³-hybridized carbons (Fsp3) is 0.367. The fourth-order valence-electron chi connectivity index (χ4n) is 4.00. The maximum atomic E-state index is 12.7. The lowest BCUT2D eigenvalue weighted by Crippen LogP contribution is -2.37. The summed E-state index contributed by atoms with van der Waals surface area (Å²) < 4.78 is 5.74. The van der Waals surface area contributed by atoms with E-state index in [9.17, 15) is 15.0 Å². The molecule has 6 heteroatoms. The molecule has 0 aliphatic carbocycles. The Labute approximate surface area is 214 Å². The number of aliphatic hydroxyl groups is 2. The van der Waals surface area contributed by atoms with Crippen LogP contribution >= 0.6 is 0 Å². The highest BCUT2D eigenvalue weighted by Gasteiger charge is 2.16. The van der Waals surface area contributed by atoms with Crippen molar-refractivity contribution in [1.82, 2.24) is 10.6 Å². The molecule has 0 spiro atoms. The predicted molar refractivity (Wildman–Crippen MR) is 143 cm³/mol. The Kier molecular flexibility index (Phi) is 11.1. The highest BCUT2D eigenvalue weighted by Crippen LogP contribution is 2.17. The van der Waals surface area contributed by atoms with Gasteiger partial charge in [0.25, 0.3) is 0 Å². The molecule has 0 fully saturated rings. The molecule has 0 aliphatic heterocycles. The average molecular weight is 491 g/mol. The third-order valence-electron chi connectivity index (χ3n) is 6.12. The van der Waals surface area contributed by atoms with Gasteiger partial charge in [-0.2, -0.15) is 0 Å². The topological polar surface area (TPSA) is 90.8 Å². The van der Waals surface area contributed by atoms with Crippen LogP contribution in [0.3, 0.4) is 0 Å². The molecular weight excluding hydrogens is 452 g/mol. The molecule has 6 nitrogen and oxygen atoms in total. The van der Waals surface area contributed by atoms with Crippen molar-refractivity contribution in [3.05, 3.63) is 102 Å². The van der Waals surface area contributed by atoms with Crippen LogP contribution in [0.2, 0.25) is 0 Å². The van der Waals surface area contributed by atoms with E-state index in [1.807, 2.05) is 55.5 Å². The Morgan fingerprint density at radius 1 is 0.889 bits per heavy atom. The van der Waals surface area contributed by atoms with E-state index < -0.39 is 12.2 Å². The van der Waals surface area contributed by atoms with E-state index in [2.05, 4.69) is 29.7 Å². The molecule has 0 saturated heterocycles. The van der Waals surface area contributed by atoms with Crippen molar-refractivity contribution in [2.24, 2.45) is 0 Å². The van der Waals surface area contributed by atoms with Crippen LogP contribution in [0.1, 0.15) is 47.9 Å². The number of rotatable bonds is 15. The minimum atomic E-state index is -0.663. The molecule has 0 aliphatic rings. The van der Waals surface area contributed by atoms with Gasteiger partial charge in [-0.1, -0.05) is 72.8 Å². The Morgan fingerprint density at radius 2 is 1.58 bits per heavy atom. The first-order valence-electron chi connectivity index (χ1n) is 12.6. The maximum absolute atomic E-state index is 12.7. The number of nitrogens with one attached hydrogen (secondary N) is 2. The van der Waals surface area contributed by atoms with Crippen molar-refractivity contribution in [2.45, 2.75) is 51.0 Å². The number of hydrogen-bond donors (Lipinski definition) is 4. The zero-order chi connectivity index (χ0) is 25.8. The molecule has 4 atom stereocenters. The third-order valence-corrected chi connectivity index (χ3v) is 6.12. The van der Waals surface area contributed by atoms with Crippen LogP contribution in [-0.4, -0.2) is 53.9 Å². The van der Waals surface area contributed by atoms with Crippen LogP contribution in [0, 0.1) is 0 Å². The summed E-state index contributed by atoms with van der Waals surface area (Å²) in [6.45, 7) is 5.01. The van der Waals surface area contributed by atoms with E-state index in [0.717, 1.165) is 12.0 Å². The number of benzene rings is 3. The molecular formula is C30H38N2O4. The summed E-state index contributed by atoms with van der Waals surface area (Å²) in [5.41, 5.74) is 2.66. The van der Waals surface area contributed by atoms with E-state index in [1.54, 1.807) is 24.3 Å². The van der Waals surface area contributed by atoms with Crippen molar-refractivity contribution < 1.29 is 19.7 Å². The monoisotopic (exact) mass is 490 g/mol. The van der Waals surface area contributed by atoms with Gasteiger partial charge in [-0.15, -0.1) is 0 Å². The van der Waals surface area contributed by atoms with Crippen molar-refractivity contribution in [3.63, 3.8) is 0 Å². The molecule has 0 amide bonds. The summed E-state index contributed by atoms with van der Waals surface area (Å²) in [6.07, 6.45) is -0.108. The van der Waals surface area contributed by atoms with Gasteiger partial charge >= 0.3 is 0 Å². The van der Waals surface area contributed by atoms with Gasteiger partial charge in [-0.25, -0.2) is 0 Å². The van der Waals surface area contributed by atoms with Gasteiger partial charge < -0.3 is 25.6 Å². The van der Waals surface area contributed by atoms with Gasteiger partial charge in [0.05, 0.1) is 6.10 Å². The van der Waals surface area contributed by atoms with E-state index in [-0.39, 0.29) is 24.5 Å². The van der Waals surface area contributed by atoms with Crippen LogP contribution in [0.5, 0.6) is 5.75 Å². The molecule has 4 unspecified atom stereocenters. The quantitative estimate of drug-likeness (QED) is 0.241. The van der Waals surface area contributed by atoms with E-state index in [1.165, 1.54) is 5.56 Å². The zero-order valence-corrected chi connectivity index (χ0v) is 21.1. The molecule has 0 saturated carbocycles. The van der Waals surface area contributed by atoms with Gasteiger partial charge in [-0.3, -0.25) is 4.79 Å². The van der Waals surface area contributed by atoms with Gasteiger partial charge in [-0.05, 0) is 43.5 Å². The Bertz CT molecular complexity index is 1050. The molecule has 192 valence electrons. The third kappa shape index (κ3) is 9.21. The summed E-state index contributed by atoms with van der Waals surface area (Å²) in [7, 11) is 0. The smallest absolute Gasteiger partial charge is 0.164 e. The molecule has 3 aromatic carbocycles. The van der Waals surface area contributed by atoms with Crippen LogP contribution in [0.15, 0.2) is 84.9 Å². The lowest BCUT2D eigenvalue weighted by Gasteiger charge is -2.20. The Balaban J connectivity index is 1.38. The van der Waals surface area contributed by atoms with Crippen LogP contribution in [0.25, 0.3) is 0 Å². The van der Waals surface area contributed by atoms with E-state index >= 15 is 0 Å². The predicted octanol–water partition coefficient (Wildman–Crippen LogP) is 3.93. The Morgan fingerprint density at radius 3 is 2.31 bits per heavy atom.